The Morgan fingerprint density at radius 3 is 2.42 bits per heavy atom. The van der Waals surface area contributed by atoms with Crippen molar-refractivity contribution in [1.29, 1.82) is 0 Å². The van der Waals surface area contributed by atoms with E-state index in [1.807, 2.05) is 24.3 Å². The molecule has 5 rings (SSSR count). The number of aromatic nitrogens is 2. The summed E-state index contributed by atoms with van der Waals surface area (Å²) in [5.41, 5.74) is 5.11. The smallest absolute Gasteiger partial charge is 0.407 e. The third-order valence-electron chi connectivity index (χ3n) is 5.45. The van der Waals surface area contributed by atoms with Gasteiger partial charge in [-0.3, -0.25) is 0 Å². The van der Waals surface area contributed by atoms with E-state index >= 15 is 0 Å². The maximum Gasteiger partial charge on any atom is 0.407 e. The molecule has 0 spiro atoms. The van der Waals surface area contributed by atoms with Crippen LogP contribution in [0.1, 0.15) is 33.4 Å². The summed E-state index contributed by atoms with van der Waals surface area (Å²) in [4.78, 5) is 31.5. The summed E-state index contributed by atoms with van der Waals surface area (Å²) in [6.07, 6.45) is 1.28. The van der Waals surface area contributed by atoms with Gasteiger partial charge in [0.2, 0.25) is 0 Å². The highest BCUT2D eigenvalue weighted by atomic mass is 32.1. The number of carboxylic acid groups (broad SMARTS) is 1. The molecule has 8 nitrogen and oxygen atoms in total. The molecule has 0 bridgehead atoms. The second kappa shape index (κ2) is 8.87. The molecule has 2 heterocycles. The van der Waals surface area contributed by atoms with Gasteiger partial charge in [-0.05, 0) is 22.3 Å². The molecule has 2 N–H and O–H groups in total. The molecule has 2 aromatic carbocycles. The summed E-state index contributed by atoms with van der Waals surface area (Å²) < 4.78 is 10.9. The molecule has 1 amide bonds. The maximum absolute atomic E-state index is 12.3. The van der Waals surface area contributed by atoms with E-state index in [0.29, 0.717) is 23.0 Å². The molecule has 0 atom stereocenters. The van der Waals surface area contributed by atoms with E-state index in [1.165, 1.54) is 34.1 Å². The lowest BCUT2D eigenvalue weighted by molar-refractivity contribution is 0.0691. The predicted octanol–water partition coefficient (Wildman–Crippen LogP) is 4.58. The van der Waals surface area contributed by atoms with Crippen molar-refractivity contribution in [2.75, 3.05) is 13.2 Å². The zero-order valence-corrected chi connectivity index (χ0v) is 18.2. The average Bonchev–Trinajstić information content (AvgIpc) is 3.55. The Labute approximate surface area is 192 Å². The van der Waals surface area contributed by atoms with Crippen LogP contribution in [0.25, 0.3) is 21.8 Å². The van der Waals surface area contributed by atoms with Gasteiger partial charge >= 0.3 is 12.1 Å². The van der Waals surface area contributed by atoms with Crippen molar-refractivity contribution in [3.63, 3.8) is 0 Å². The van der Waals surface area contributed by atoms with Gasteiger partial charge in [0.15, 0.2) is 11.6 Å². The fourth-order valence-electron chi connectivity index (χ4n) is 3.93. The number of nitrogens with zero attached hydrogens (tertiary/aromatic N) is 2. The number of rotatable bonds is 7. The number of thiazole rings is 1. The van der Waals surface area contributed by atoms with Crippen molar-refractivity contribution in [3.8, 4) is 21.8 Å². The Bertz CT molecular complexity index is 1280. The fraction of sp³-hybridized carbons (Fsp3) is 0.167. The molecule has 1 aliphatic rings. The van der Waals surface area contributed by atoms with E-state index in [9.17, 15) is 9.59 Å². The van der Waals surface area contributed by atoms with Gasteiger partial charge in [0.25, 0.3) is 0 Å². The first-order valence-corrected chi connectivity index (χ1v) is 11.2. The molecule has 166 valence electrons. The van der Waals surface area contributed by atoms with Crippen molar-refractivity contribution in [2.45, 2.75) is 12.3 Å². The predicted molar refractivity (Wildman–Crippen MR) is 121 cm³/mol. The van der Waals surface area contributed by atoms with Crippen molar-refractivity contribution in [2.24, 2.45) is 0 Å². The van der Waals surface area contributed by atoms with Crippen LogP contribution in [0.2, 0.25) is 0 Å². The molecule has 4 aromatic rings. The lowest BCUT2D eigenvalue weighted by atomic mass is 9.98. The molecule has 0 saturated carbocycles. The zero-order valence-electron chi connectivity index (χ0n) is 17.4. The number of carboxylic acids is 1. The van der Waals surface area contributed by atoms with Gasteiger partial charge in [-0.25, -0.2) is 19.6 Å². The van der Waals surface area contributed by atoms with Crippen LogP contribution in [0.4, 0.5) is 4.79 Å². The minimum absolute atomic E-state index is 0.00596. The quantitative estimate of drug-likeness (QED) is 0.414. The van der Waals surface area contributed by atoms with Crippen LogP contribution in [-0.4, -0.2) is 40.3 Å². The second-order valence-corrected chi connectivity index (χ2v) is 8.33. The molecule has 2 aromatic heterocycles. The number of ether oxygens (including phenoxy) is 1. The molecular formula is C24H19N3O5S. The van der Waals surface area contributed by atoms with Crippen LogP contribution in [0.3, 0.4) is 0 Å². The van der Waals surface area contributed by atoms with Gasteiger partial charge in [0.05, 0.1) is 0 Å². The number of oxazole rings is 1. The number of aromatic carboxylic acids is 1. The summed E-state index contributed by atoms with van der Waals surface area (Å²) in [6, 6.07) is 16.3. The second-order valence-electron chi connectivity index (χ2n) is 7.47. The molecule has 33 heavy (non-hydrogen) atoms. The first kappa shape index (κ1) is 20.9. The largest absolute Gasteiger partial charge is 0.476 e. The van der Waals surface area contributed by atoms with E-state index in [2.05, 4.69) is 39.6 Å². The maximum atomic E-state index is 12.3. The minimum atomic E-state index is -1.09. The topological polar surface area (TPSA) is 115 Å². The summed E-state index contributed by atoms with van der Waals surface area (Å²) >= 11 is 1.18. The standard InChI is InChI=1S/C24H19N3O5S/c28-23(29)20-13-33-22(27-20)19-12-31-21(26-19)9-10-25-24(30)32-11-18-16-7-3-1-5-14(16)15-6-2-4-8-17(15)18/h1-8,12-13,18H,9-11H2,(H,25,30)(H,28,29). The van der Waals surface area contributed by atoms with E-state index < -0.39 is 12.1 Å². The molecule has 1 aliphatic carbocycles. The van der Waals surface area contributed by atoms with Crippen LogP contribution >= 0.6 is 11.3 Å². The van der Waals surface area contributed by atoms with Crippen LogP contribution in [-0.2, 0) is 11.2 Å². The van der Waals surface area contributed by atoms with Crippen molar-refractivity contribution in [3.05, 3.63) is 82.9 Å². The van der Waals surface area contributed by atoms with Gasteiger partial charge in [-0.2, -0.15) is 0 Å². The van der Waals surface area contributed by atoms with E-state index in [4.69, 9.17) is 14.3 Å². The normalized spacial score (nSPS) is 12.2. The summed E-state index contributed by atoms with van der Waals surface area (Å²) in [5, 5.41) is 13.6. The Morgan fingerprint density at radius 1 is 1.06 bits per heavy atom. The monoisotopic (exact) mass is 461 g/mol. The van der Waals surface area contributed by atoms with Gasteiger partial charge in [-0.15, -0.1) is 11.3 Å². The summed E-state index contributed by atoms with van der Waals surface area (Å²) in [6.45, 7) is 0.536. The first-order valence-electron chi connectivity index (χ1n) is 10.3. The van der Waals surface area contributed by atoms with Gasteiger partial charge in [0, 0.05) is 24.3 Å². The summed E-state index contributed by atoms with van der Waals surface area (Å²) in [5.74, 6) is -0.670. The lowest BCUT2D eigenvalue weighted by Crippen LogP contribution is -2.28. The SMILES string of the molecule is O=C(NCCc1nc(-c2nc(C(=O)O)cs2)co1)OCC1c2ccccc2-c2ccccc21. The number of hydrogen-bond donors (Lipinski definition) is 2. The molecule has 9 heteroatoms. The van der Waals surface area contributed by atoms with Crippen molar-refractivity contribution < 1.29 is 23.8 Å². The number of nitrogens with one attached hydrogen (secondary N) is 1. The third kappa shape index (κ3) is 4.22. The number of hydrogen-bond acceptors (Lipinski definition) is 7. The molecule has 0 saturated heterocycles. The van der Waals surface area contributed by atoms with Crippen LogP contribution < -0.4 is 5.32 Å². The first-order chi connectivity index (χ1) is 16.1. The highest BCUT2D eigenvalue weighted by Crippen LogP contribution is 2.44. The molecule has 0 radical (unpaired) electrons. The van der Waals surface area contributed by atoms with Crippen LogP contribution in [0.5, 0.6) is 0 Å². The number of carbonyl (C=O) groups is 2. The fourth-order valence-corrected chi connectivity index (χ4v) is 4.68. The number of amides is 1. The van der Waals surface area contributed by atoms with Gasteiger partial charge in [0.1, 0.15) is 23.6 Å². The average molecular weight is 461 g/mol. The Morgan fingerprint density at radius 2 is 1.76 bits per heavy atom. The zero-order chi connectivity index (χ0) is 22.8. The molecular weight excluding hydrogens is 442 g/mol. The number of fused-ring (bicyclic) bond motifs is 3. The van der Waals surface area contributed by atoms with Gasteiger partial charge < -0.3 is 19.6 Å². The highest BCUT2D eigenvalue weighted by molar-refractivity contribution is 7.13. The summed E-state index contributed by atoms with van der Waals surface area (Å²) in [7, 11) is 0. The molecule has 0 unspecified atom stereocenters. The van der Waals surface area contributed by atoms with E-state index in [0.717, 1.165) is 11.1 Å². The molecule has 0 fully saturated rings. The Hall–Kier alpha value is -3.98. The highest BCUT2D eigenvalue weighted by Gasteiger charge is 2.29. The Balaban J connectivity index is 1.14. The van der Waals surface area contributed by atoms with Crippen LogP contribution in [0, 0.1) is 0 Å². The van der Waals surface area contributed by atoms with Crippen molar-refractivity contribution >= 4 is 23.4 Å². The number of benzene rings is 2. The number of carbonyl (C=O) groups excluding carboxylic acids is 1. The van der Waals surface area contributed by atoms with E-state index in [-0.39, 0.29) is 24.8 Å². The Kier molecular flexibility index (Phi) is 5.62. The molecule has 0 aliphatic heterocycles. The van der Waals surface area contributed by atoms with Crippen LogP contribution in [0.15, 0.2) is 64.6 Å². The van der Waals surface area contributed by atoms with E-state index in [1.54, 1.807) is 0 Å². The van der Waals surface area contributed by atoms with Gasteiger partial charge in [-0.1, -0.05) is 48.5 Å². The van der Waals surface area contributed by atoms with Crippen molar-refractivity contribution in [1.82, 2.24) is 15.3 Å². The minimum Gasteiger partial charge on any atom is -0.476 e. The number of alkyl carbamates (subject to hydrolysis) is 1. The lowest BCUT2D eigenvalue weighted by Gasteiger charge is -2.14. The third-order valence-corrected chi connectivity index (χ3v) is 6.31.